The Morgan fingerprint density at radius 1 is 1.09 bits per heavy atom. The van der Waals surface area contributed by atoms with Crippen molar-refractivity contribution >= 4 is 41.8 Å². The molecule has 0 aromatic heterocycles. The number of nitrogens with one attached hydrogen (secondary N) is 3. The van der Waals surface area contributed by atoms with Gasteiger partial charge in [-0.05, 0) is 49.7 Å². The Morgan fingerprint density at radius 3 is 2.62 bits per heavy atom. The molecule has 3 N–H and O–H groups in total. The van der Waals surface area contributed by atoms with Gasteiger partial charge < -0.3 is 20.9 Å². The highest BCUT2D eigenvalue weighted by molar-refractivity contribution is 14.0. The second-order valence-electron chi connectivity index (χ2n) is 9.15. The Bertz CT molecular complexity index is 826. The van der Waals surface area contributed by atoms with Crippen LogP contribution in [0.4, 0.5) is 0 Å². The fraction of sp³-hybridized carbons (Fsp3) is 0.625. The quantitative estimate of drug-likeness (QED) is 0.276. The second-order valence-corrected chi connectivity index (χ2v) is 9.15. The van der Waals surface area contributed by atoms with E-state index < -0.39 is 0 Å². The van der Waals surface area contributed by atoms with E-state index in [1.807, 2.05) is 11.0 Å². The minimum absolute atomic E-state index is 0. The lowest BCUT2D eigenvalue weighted by Crippen LogP contribution is -2.47. The minimum Gasteiger partial charge on any atom is -0.354 e. The zero-order valence-corrected chi connectivity index (χ0v) is 21.3. The predicted molar refractivity (Wildman–Crippen MR) is 137 cm³/mol. The Balaban J connectivity index is 0.00000289. The van der Waals surface area contributed by atoms with Crippen LogP contribution in [0.3, 0.4) is 0 Å². The van der Waals surface area contributed by atoms with E-state index in [0.29, 0.717) is 25.6 Å². The van der Waals surface area contributed by atoms with Crippen molar-refractivity contribution in [2.75, 3.05) is 13.6 Å². The molecule has 7 nitrogen and oxygen atoms in total. The number of benzene rings is 1. The Labute approximate surface area is 208 Å². The topological polar surface area (TPSA) is 85.8 Å². The van der Waals surface area contributed by atoms with E-state index in [1.165, 1.54) is 0 Å². The number of amides is 2. The molecule has 32 heavy (non-hydrogen) atoms. The summed E-state index contributed by atoms with van der Waals surface area (Å²) in [7, 11) is 1.78. The minimum atomic E-state index is 0. The largest absolute Gasteiger partial charge is 0.354 e. The van der Waals surface area contributed by atoms with Crippen LogP contribution in [0.5, 0.6) is 0 Å². The van der Waals surface area contributed by atoms with Crippen LogP contribution in [-0.4, -0.2) is 48.3 Å². The van der Waals surface area contributed by atoms with E-state index in [0.717, 1.165) is 68.6 Å². The summed E-state index contributed by atoms with van der Waals surface area (Å²) < 4.78 is 0. The molecule has 3 aliphatic rings. The third kappa shape index (κ3) is 7.08. The lowest BCUT2D eigenvalue weighted by Gasteiger charge is -2.30. The van der Waals surface area contributed by atoms with Crippen LogP contribution in [0.25, 0.3) is 0 Å². The van der Waals surface area contributed by atoms with E-state index in [-0.39, 0.29) is 47.8 Å². The summed E-state index contributed by atoms with van der Waals surface area (Å²) in [5.74, 6) is 1.36. The molecule has 2 saturated carbocycles. The number of hydrogen-bond donors (Lipinski definition) is 3. The van der Waals surface area contributed by atoms with Crippen LogP contribution >= 0.6 is 24.0 Å². The lowest BCUT2D eigenvalue weighted by atomic mass is 9.85. The summed E-state index contributed by atoms with van der Waals surface area (Å²) in [5.41, 5.74) is 2.33. The van der Waals surface area contributed by atoms with Crippen LogP contribution in [0.15, 0.2) is 29.3 Å². The first-order valence-corrected chi connectivity index (χ1v) is 11.7. The molecule has 1 aromatic rings. The first kappa shape index (κ1) is 24.8. The molecule has 4 rings (SSSR count). The first-order chi connectivity index (χ1) is 15.1. The maximum Gasteiger partial charge on any atom is 0.223 e. The zero-order chi connectivity index (χ0) is 21.6. The fourth-order valence-corrected chi connectivity index (χ4v) is 4.61. The van der Waals surface area contributed by atoms with Crippen LogP contribution in [0.1, 0.15) is 62.5 Å². The zero-order valence-electron chi connectivity index (χ0n) is 18.9. The van der Waals surface area contributed by atoms with Crippen LogP contribution in [0.2, 0.25) is 0 Å². The second kappa shape index (κ2) is 11.9. The number of carbonyl (C=O) groups excluding carboxylic acids is 2. The molecule has 1 heterocycles. The molecular formula is C24H36IN5O2. The Hall–Kier alpha value is -1.84. The van der Waals surface area contributed by atoms with Gasteiger partial charge in [-0.15, -0.1) is 24.0 Å². The van der Waals surface area contributed by atoms with Gasteiger partial charge in [0.25, 0.3) is 0 Å². The summed E-state index contributed by atoms with van der Waals surface area (Å²) in [6.07, 6.45) is 7.87. The molecule has 2 atom stereocenters. The highest BCUT2D eigenvalue weighted by Crippen LogP contribution is 2.26. The SMILES string of the molecule is CN=C(NCc1cccc(CN2CCCC2=O)c1)NC1CCCC(C(=O)NC2CC2)C1.I. The molecule has 1 saturated heterocycles. The number of aliphatic imine (C=N–C) groups is 1. The summed E-state index contributed by atoms with van der Waals surface area (Å²) in [6.45, 7) is 2.21. The molecule has 1 aliphatic heterocycles. The van der Waals surface area contributed by atoms with Gasteiger partial charge in [0, 0.05) is 51.1 Å². The van der Waals surface area contributed by atoms with Crippen LogP contribution in [0, 0.1) is 5.92 Å². The van der Waals surface area contributed by atoms with E-state index >= 15 is 0 Å². The molecule has 3 fully saturated rings. The van der Waals surface area contributed by atoms with Crippen LogP contribution in [-0.2, 0) is 22.7 Å². The number of nitrogens with zero attached hydrogens (tertiary/aromatic N) is 2. The summed E-state index contributed by atoms with van der Waals surface area (Å²) in [6, 6.07) is 9.07. The maximum atomic E-state index is 12.4. The van der Waals surface area contributed by atoms with Crippen molar-refractivity contribution in [3.05, 3.63) is 35.4 Å². The number of likely N-dealkylation sites (tertiary alicyclic amines) is 1. The average Bonchev–Trinajstić information content (AvgIpc) is 3.51. The molecular weight excluding hydrogens is 517 g/mol. The van der Waals surface area contributed by atoms with E-state index in [2.05, 4.69) is 39.1 Å². The van der Waals surface area contributed by atoms with Crippen molar-refractivity contribution in [1.29, 1.82) is 0 Å². The molecule has 0 spiro atoms. The van der Waals surface area contributed by atoms with Gasteiger partial charge in [-0.2, -0.15) is 0 Å². The first-order valence-electron chi connectivity index (χ1n) is 11.7. The molecule has 8 heteroatoms. The number of carbonyl (C=O) groups is 2. The van der Waals surface area contributed by atoms with Gasteiger partial charge >= 0.3 is 0 Å². The van der Waals surface area contributed by atoms with Crippen molar-refractivity contribution < 1.29 is 9.59 Å². The monoisotopic (exact) mass is 553 g/mol. The number of guanidine groups is 1. The van der Waals surface area contributed by atoms with E-state index in [1.54, 1.807) is 7.05 Å². The van der Waals surface area contributed by atoms with Crippen molar-refractivity contribution in [3.8, 4) is 0 Å². The van der Waals surface area contributed by atoms with Crippen molar-refractivity contribution in [1.82, 2.24) is 20.9 Å². The summed E-state index contributed by atoms with van der Waals surface area (Å²) in [5, 5.41) is 10.1. The molecule has 1 aromatic carbocycles. The predicted octanol–water partition coefficient (Wildman–Crippen LogP) is 2.93. The fourth-order valence-electron chi connectivity index (χ4n) is 4.61. The number of halogens is 1. The lowest BCUT2D eigenvalue weighted by molar-refractivity contribution is -0.128. The van der Waals surface area contributed by atoms with Gasteiger partial charge in [0.15, 0.2) is 5.96 Å². The molecule has 176 valence electrons. The van der Waals surface area contributed by atoms with Crippen molar-refractivity contribution in [3.63, 3.8) is 0 Å². The summed E-state index contributed by atoms with van der Waals surface area (Å²) in [4.78, 5) is 30.6. The van der Waals surface area contributed by atoms with Crippen molar-refractivity contribution in [2.24, 2.45) is 10.9 Å². The highest BCUT2D eigenvalue weighted by Gasteiger charge is 2.31. The van der Waals surface area contributed by atoms with E-state index in [4.69, 9.17) is 0 Å². The standard InChI is InChI=1S/C24H35N5O2.HI/c1-25-24(28-21-8-3-7-19(14-21)23(31)27-20-10-11-20)26-15-17-5-2-6-18(13-17)16-29-12-4-9-22(29)30;/h2,5-6,13,19-21H,3-4,7-12,14-16H2,1H3,(H,27,31)(H2,25,26,28);1H. The third-order valence-corrected chi connectivity index (χ3v) is 6.53. The number of hydrogen-bond acceptors (Lipinski definition) is 3. The van der Waals surface area contributed by atoms with Gasteiger partial charge in [0.2, 0.25) is 11.8 Å². The summed E-state index contributed by atoms with van der Waals surface area (Å²) >= 11 is 0. The average molecular weight is 553 g/mol. The smallest absolute Gasteiger partial charge is 0.223 e. The van der Waals surface area contributed by atoms with Gasteiger partial charge in [-0.25, -0.2) is 0 Å². The van der Waals surface area contributed by atoms with Crippen LogP contribution < -0.4 is 16.0 Å². The normalized spacial score (nSPS) is 23.5. The molecule has 0 bridgehead atoms. The molecule has 2 amide bonds. The molecule has 2 unspecified atom stereocenters. The van der Waals surface area contributed by atoms with Gasteiger partial charge in [-0.3, -0.25) is 14.6 Å². The Morgan fingerprint density at radius 2 is 1.91 bits per heavy atom. The van der Waals surface area contributed by atoms with Gasteiger partial charge in [0.05, 0.1) is 0 Å². The van der Waals surface area contributed by atoms with Gasteiger partial charge in [0.1, 0.15) is 0 Å². The highest BCUT2D eigenvalue weighted by atomic mass is 127. The van der Waals surface area contributed by atoms with E-state index in [9.17, 15) is 9.59 Å². The molecule has 0 radical (unpaired) electrons. The Kier molecular flexibility index (Phi) is 9.19. The number of rotatable bonds is 7. The van der Waals surface area contributed by atoms with Crippen molar-refractivity contribution in [2.45, 2.75) is 76.5 Å². The van der Waals surface area contributed by atoms with Gasteiger partial charge in [-0.1, -0.05) is 30.7 Å². The third-order valence-electron chi connectivity index (χ3n) is 6.53. The maximum absolute atomic E-state index is 12.4. The molecule has 2 aliphatic carbocycles.